The Bertz CT molecular complexity index is 844. The second-order valence-corrected chi connectivity index (χ2v) is 7.93. The summed E-state index contributed by atoms with van der Waals surface area (Å²) in [6.45, 7) is 2.15. The fourth-order valence-electron chi connectivity index (χ4n) is 5.68. The van der Waals surface area contributed by atoms with Crippen molar-refractivity contribution >= 4 is 22.7 Å². The maximum absolute atomic E-state index is 12.4. The summed E-state index contributed by atoms with van der Waals surface area (Å²) in [6.07, 6.45) is 7.30. The van der Waals surface area contributed by atoms with E-state index in [-0.39, 0.29) is 5.97 Å². The minimum atomic E-state index is -0.442. The van der Waals surface area contributed by atoms with E-state index in [1.807, 2.05) is 19.2 Å². The van der Waals surface area contributed by atoms with Crippen LogP contribution >= 0.6 is 0 Å². The van der Waals surface area contributed by atoms with Gasteiger partial charge in [-0.15, -0.1) is 0 Å². The summed E-state index contributed by atoms with van der Waals surface area (Å²) in [7, 11) is 0. The molecule has 0 spiro atoms. The van der Waals surface area contributed by atoms with Crippen molar-refractivity contribution < 1.29 is 14.6 Å². The number of hydrogen-bond acceptors (Lipinski definition) is 5. The van der Waals surface area contributed by atoms with Crippen molar-refractivity contribution in [2.24, 2.45) is 17.8 Å². The highest BCUT2D eigenvalue weighted by Gasteiger charge is 2.60. The molecule has 25 heavy (non-hydrogen) atoms. The summed E-state index contributed by atoms with van der Waals surface area (Å²) in [5.74, 6) is 1.23. The maximum Gasteiger partial charge on any atom is 0.341 e. The third-order valence-corrected chi connectivity index (χ3v) is 6.47. The summed E-state index contributed by atoms with van der Waals surface area (Å²) in [5.41, 5.74) is 1.63. The van der Waals surface area contributed by atoms with Crippen LogP contribution in [0.1, 0.15) is 43.0 Å². The van der Waals surface area contributed by atoms with Crippen LogP contribution in [0.5, 0.6) is 0 Å². The van der Waals surface area contributed by atoms with Crippen LogP contribution in [0.2, 0.25) is 0 Å². The number of aromatic amines is 1. The molecule has 4 bridgehead atoms. The van der Waals surface area contributed by atoms with Crippen LogP contribution in [0.4, 0.5) is 5.69 Å². The number of fused-ring (bicyclic) bond motifs is 1. The smallest absolute Gasteiger partial charge is 0.341 e. The maximum atomic E-state index is 12.4. The molecule has 0 aromatic carbocycles. The van der Waals surface area contributed by atoms with Crippen molar-refractivity contribution in [3.05, 3.63) is 24.0 Å². The summed E-state index contributed by atoms with van der Waals surface area (Å²) in [4.78, 5) is 19.9. The van der Waals surface area contributed by atoms with Gasteiger partial charge in [-0.05, 0) is 56.4 Å². The van der Waals surface area contributed by atoms with Gasteiger partial charge in [0.2, 0.25) is 0 Å². The molecular formula is C19H23N3O3. The Kier molecular flexibility index (Phi) is 3.17. The van der Waals surface area contributed by atoms with Gasteiger partial charge in [0.1, 0.15) is 11.2 Å². The topological polar surface area (TPSA) is 87.2 Å². The van der Waals surface area contributed by atoms with Gasteiger partial charge in [0.15, 0.2) is 0 Å². The van der Waals surface area contributed by atoms with Crippen molar-refractivity contribution in [2.75, 3.05) is 11.9 Å². The Morgan fingerprint density at radius 2 is 2.28 bits per heavy atom. The number of hydrogen-bond donors (Lipinski definition) is 3. The quantitative estimate of drug-likeness (QED) is 0.744. The summed E-state index contributed by atoms with van der Waals surface area (Å²) in [6, 6.07) is 2.26. The normalized spacial score (nSPS) is 35.4. The molecule has 0 aliphatic heterocycles. The number of esters is 1. The highest BCUT2D eigenvalue weighted by Crippen LogP contribution is 2.60. The standard InChI is InChI=1S/C19H23N3O3/c1-2-25-18(23)14-9-21-17-12(3-4-20-17)16(14)22-15-11-5-10-6-19(24,7-11)8-13(10)15/h3-4,9-11,13,15,24H,2,5-8H2,1H3,(H2,20,21,22)/t10?,11-,13?,15-,19-/m1/s1. The van der Waals surface area contributed by atoms with Gasteiger partial charge in [-0.25, -0.2) is 9.78 Å². The minimum Gasteiger partial charge on any atom is -0.462 e. The van der Waals surface area contributed by atoms with Gasteiger partial charge in [0, 0.05) is 23.8 Å². The van der Waals surface area contributed by atoms with E-state index < -0.39 is 5.60 Å². The monoisotopic (exact) mass is 341 g/mol. The van der Waals surface area contributed by atoms with E-state index in [1.165, 1.54) is 6.42 Å². The van der Waals surface area contributed by atoms with Crippen LogP contribution in [0.25, 0.3) is 11.0 Å². The summed E-state index contributed by atoms with van der Waals surface area (Å²) >= 11 is 0. The van der Waals surface area contributed by atoms with Gasteiger partial charge < -0.3 is 20.1 Å². The minimum absolute atomic E-state index is 0.307. The third-order valence-electron chi connectivity index (χ3n) is 6.47. The molecule has 2 aromatic heterocycles. The second kappa shape index (κ2) is 5.21. The van der Waals surface area contributed by atoms with Crippen LogP contribution in [-0.2, 0) is 4.74 Å². The lowest BCUT2D eigenvalue weighted by atomic mass is 9.76. The molecule has 4 aliphatic rings. The van der Waals surface area contributed by atoms with Crippen LogP contribution < -0.4 is 5.32 Å². The summed E-state index contributed by atoms with van der Waals surface area (Å²) < 4.78 is 5.23. The fourth-order valence-corrected chi connectivity index (χ4v) is 5.68. The molecular weight excluding hydrogens is 318 g/mol. The van der Waals surface area contributed by atoms with Gasteiger partial charge in [-0.2, -0.15) is 0 Å². The average molecular weight is 341 g/mol. The number of nitrogens with zero attached hydrogens (tertiary/aromatic N) is 1. The first-order valence-electron chi connectivity index (χ1n) is 9.20. The number of ether oxygens (including phenoxy) is 1. The third kappa shape index (κ3) is 2.20. The van der Waals surface area contributed by atoms with Crippen LogP contribution in [0.15, 0.2) is 18.5 Å². The molecule has 132 valence electrons. The number of anilines is 1. The fraction of sp³-hybridized carbons (Fsp3) is 0.579. The van der Waals surface area contributed by atoms with E-state index >= 15 is 0 Å². The number of carbonyl (C=O) groups excluding carboxylic acids is 1. The Balaban J connectivity index is 1.53. The van der Waals surface area contributed by atoms with E-state index in [4.69, 9.17) is 4.74 Å². The zero-order valence-corrected chi connectivity index (χ0v) is 14.3. The van der Waals surface area contributed by atoms with Crippen molar-refractivity contribution in [2.45, 2.75) is 44.2 Å². The van der Waals surface area contributed by atoms with Gasteiger partial charge in [-0.1, -0.05) is 0 Å². The first-order chi connectivity index (χ1) is 12.1. The molecule has 0 amide bonds. The lowest BCUT2D eigenvalue weighted by Crippen LogP contribution is -2.43. The molecule has 4 aliphatic carbocycles. The van der Waals surface area contributed by atoms with Crippen LogP contribution in [0, 0.1) is 17.8 Å². The summed E-state index contributed by atoms with van der Waals surface area (Å²) in [5, 5.41) is 15.2. The van der Waals surface area contributed by atoms with Gasteiger partial charge in [-0.3, -0.25) is 0 Å². The van der Waals surface area contributed by atoms with Crippen molar-refractivity contribution in [3.63, 3.8) is 0 Å². The molecule has 6 heteroatoms. The SMILES string of the molecule is CCOC(=O)c1cnc2[nH]ccc2c1N[C@H]1C2C[C@@]3(O)CC2C[C@@H]1C3. The van der Waals surface area contributed by atoms with Crippen molar-refractivity contribution in [1.29, 1.82) is 0 Å². The molecule has 4 fully saturated rings. The molecule has 2 aromatic rings. The molecule has 2 unspecified atom stereocenters. The van der Waals surface area contributed by atoms with Crippen molar-refractivity contribution in [1.82, 2.24) is 9.97 Å². The van der Waals surface area contributed by atoms with Gasteiger partial charge >= 0.3 is 5.97 Å². The Morgan fingerprint density at radius 3 is 3.08 bits per heavy atom. The number of H-pyrrole nitrogens is 1. The number of aromatic nitrogens is 2. The highest BCUT2D eigenvalue weighted by atomic mass is 16.5. The van der Waals surface area contributed by atoms with E-state index in [1.54, 1.807) is 6.20 Å². The van der Waals surface area contributed by atoms with Gasteiger partial charge in [0.05, 0.1) is 17.9 Å². The van der Waals surface area contributed by atoms with E-state index in [2.05, 4.69) is 15.3 Å². The van der Waals surface area contributed by atoms with Gasteiger partial charge in [0.25, 0.3) is 0 Å². The lowest BCUT2D eigenvalue weighted by Gasteiger charge is -2.39. The number of nitrogens with one attached hydrogen (secondary N) is 2. The van der Waals surface area contributed by atoms with Crippen LogP contribution in [0.3, 0.4) is 0 Å². The van der Waals surface area contributed by atoms with Crippen LogP contribution in [-0.4, -0.2) is 39.3 Å². The highest BCUT2D eigenvalue weighted by molar-refractivity contribution is 6.04. The Hall–Kier alpha value is -2.08. The predicted octanol–water partition coefficient (Wildman–Crippen LogP) is 2.70. The molecule has 0 radical (unpaired) electrons. The molecule has 2 heterocycles. The molecule has 6 rings (SSSR count). The number of rotatable bonds is 4. The molecule has 4 saturated carbocycles. The Morgan fingerprint density at radius 1 is 1.44 bits per heavy atom. The van der Waals surface area contributed by atoms with E-state index in [0.29, 0.717) is 36.0 Å². The number of pyridine rings is 1. The predicted molar refractivity (Wildman–Crippen MR) is 93.3 cm³/mol. The van der Waals surface area contributed by atoms with E-state index in [0.717, 1.165) is 36.0 Å². The molecule has 5 atom stereocenters. The lowest BCUT2D eigenvalue weighted by molar-refractivity contribution is -0.0140. The number of carbonyl (C=O) groups is 1. The zero-order valence-electron chi connectivity index (χ0n) is 14.3. The largest absolute Gasteiger partial charge is 0.462 e. The molecule has 3 N–H and O–H groups in total. The first-order valence-corrected chi connectivity index (χ1v) is 9.20. The zero-order chi connectivity index (χ0) is 17.2. The van der Waals surface area contributed by atoms with E-state index in [9.17, 15) is 9.90 Å². The Labute approximate surface area is 146 Å². The second-order valence-electron chi connectivity index (χ2n) is 7.93. The first kappa shape index (κ1) is 15.2. The average Bonchev–Trinajstić information content (AvgIpc) is 3.20. The number of aliphatic hydroxyl groups is 1. The molecule has 6 nitrogen and oxygen atoms in total. The molecule has 0 saturated heterocycles. The van der Waals surface area contributed by atoms with Crippen molar-refractivity contribution in [3.8, 4) is 0 Å².